The van der Waals surface area contributed by atoms with E-state index in [1.807, 2.05) is 54.3 Å². The quantitative estimate of drug-likeness (QED) is 0.509. The van der Waals surface area contributed by atoms with E-state index in [-0.39, 0.29) is 0 Å². The Hall–Kier alpha value is -3.75. The van der Waals surface area contributed by atoms with Crippen LogP contribution in [0.3, 0.4) is 0 Å². The molecule has 4 heterocycles. The lowest BCUT2D eigenvalue weighted by molar-refractivity contribution is 0.689. The average Bonchev–Trinajstić information content (AvgIpc) is 3.46. The van der Waals surface area contributed by atoms with Crippen molar-refractivity contribution in [2.24, 2.45) is 0 Å². The van der Waals surface area contributed by atoms with Gasteiger partial charge in [-0.15, -0.1) is 0 Å². The summed E-state index contributed by atoms with van der Waals surface area (Å²) in [6.07, 6.45) is 7.25. The van der Waals surface area contributed by atoms with Crippen molar-refractivity contribution < 1.29 is 0 Å². The number of aromatic nitrogens is 6. The SMILES string of the molecule is CNc1cc(N2CCCC2CNc2ncnc3c2cnn3-c2ccccc2)ncn1. The van der Waals surface area contributed by atoms with Gasteiger partial charge >= 0.3 is 0 Å². The Kier molecular flexibility index (Phi) is 4.84. The molecule has 0 radical (unpaired) electrons. The lowest BCUT2D eigenvalue weighted by Crippen LogP contribution is -2.35. The molecule has 1 unspecified atom stereocenters. The molecule has 1 saturated heterocycles. The van der Waals surface area contributed by atoms with Crippen LogP contribution in [0.25, 0.3) is 16.7 Å². The minimum atomic E-state index is 0.332. The standard InChI is InChI=1S/C21H23N9/c1-22-18-10-19(25-13-24-18)29-9-5-8-16(29)11-23-20-17-12-28-30(21(17)27-14-26-20)15-6-3-2-4-7-15/h2-4,6-7,10,12-14,16H,5,8-9,11H2,1H3,(H,22,24,25)(H,23,26,27). The van der Waals surface area contributed by atoms with Gasteiger partial charge in [-0.3, -0.25) is 0 Å². The van der Waals surface area contributed by atoms with Gasteiger partial charge in [-0.2, -0.15) is 5.10 Å². The fourth-order valence-corrected chi connectivity index (χ4v) is 3.95. The van der Waals surface area contributed by atoms with E-state index >= 15 is 0 Å². The Balaban J connectivity index is 1.36. The molecule has 30 heavy (non-hydrogen) atoms. The molecule has 0 spiro atoms. The Morgan fingerprint density at radius 2 is 1.93 bits per heavy atom. The summed E-state index contributed by atoms with van der Waals surface area (Å²) >= 11 is 0. The largest absolute Gasteiger partial charge is 0.373 e. The molecule has 1 fully saturated rings. The molecule has 152 valence electrons. The number of fused-ring (bicyclic) bond motifs is 1. The maximum atomic E-state index is 4.53. The molecule has 1 aliphatic heterocycles. The minimum Gasteiger partial charge on any atom is -0.373 e. The number of hydrogen-bond acceptors (Lipinski definition) is 8. The van der Waals surface area contributed by atoms with E-state index in [4.69, 9.17) is 0 Å². The van der Waals surface area contributed by atoms with E-state index in [2.05, 4.69) is 40.6 Å². The number of rotatable bonds is 6. The first kappa shape index (κ1) is 18.3. The summed E-state index contributed by atoms with van der Waals surface area (Å²) in [5.41, 5.74) is 1.76. The molecule has 0 amide bonds. The van der Waals surface area contributed by atoms with Crippen molar-refractivity contribution in [1.82, 2.24) is 29.7 Å². The molecule has 9 nitrogen and oxygen atoms in total. The lowest BCUT2D eigenvalue weighted by Gasteiger charge is -2.26. The van der Waals surface area contributed by atoms with E-state index in [0.717, 1.165) is 60.1 Å². The highest BCUT2D eigenvalue weighted by Gasteiger charge is 2.26. The highest BCUT2D eigenvalue weighted by atomic mass is 15.3. The normalized spacial score (nSPS) is 16.2. The van der Waals surface area contributed by atoms with Gasteiger partial charge in [0.1, 0.15) is 30.1 Å². The zero-order valence-corrected chi connectivity index (χ0v) is 16.7. The van der Waals surface area contributed by atoms with E-state index < -0.39 is 0 Å². The van der Waals surface area contributed by atoms with Gasteiger partial charge in [-0.1, -0.05) is 18.2 Å². The van der Waals surface area contributed by atoms with Crippen LogP contribution in [0.1, 0.15) is 12.8 Å². The summed E-state index contributed by atoms with van der Waals surface area (Å²) < 4.78 is 1.84. The van der Waals surface area contributed by atoms with Crippen molar-refractivity contribution in [3.8, 4) is 5.69 Å². The average molecular weight is 401 g/mol. The lowest BCUT2D eigenvalue weighted by atomic mass is 10.2. The van der Waals surface area contributed by atoms with E-state index in [9.17, 15) is 0 Å². The van der Waals surface area contributed by atoms with Crippen LogP contribution in [0.5, 0.6) is 0 Å². The number of anilines is 3. The molecular formula is C21H23N9. The molecule has 4 aromatic rings. The van der Waals surface area contributed by atoms with Crippen LogP contribution in [0.15, 0.2) is 55.2 Å². The molecule has 3 aromatic heterocycles. The molecule has 0 bridgehead atoms. The zero-order valence-electron chi connectivity index (χ0n) is 16.7. The third-order valence-corrected chi connectivity index (χ3v) is 5.45. The van der Waals surface area contributed by atoms with Gasteiger partial charge in [-0.25, -0.2) is 24.6 Å². The number of benzene rings is 1. The van der Waals surface area contributed by atoms with Gasteiger partial charge in [0, 0.05) is 32.2 Å². The van der Waals surface area contributed by atoms with Gasteiger partial charge in [-0.05, 0) is 25.0 Å². The van der Waals surface area contributed by atoms with E-state index in [1.54, 1.807) is 12.7 Å². The third-order valence-electron chi connectivity index (χ3n) is 5.45. The Labute approximate surface area is 174 Å². The summed E-state index contributed by atoms with van der Waals surface area (Å²) in [6.45, 7) is 1.75. The number of nitrogens with one attached hydrogen (secondary N) is 2. The van der Waals surface area contributed by atoms with E-state index in [0.29, 0.717) is 6.04 Å². The van der Waals surface area contributed by atoms with Crippen molar-refractivity contribution in [3.63, 3.8) is 0 Å². The first-order valence-electron chi connectivity index (χ1n) is 10.1. The molecule has 0 saturated carbocycles. The maximum Gasteiger partial charge on any atom is 0.168 e. The first-order valence-corrected chi connectivity index (χ1v) is 10.1. The van der Waals surface area contributed by atoms with Gasteiger partial charge in [0.25, 0.3) is 0 Å². The van der Waals surface area contributed by atoms with Crippen molar-refractivity contribution in [3.05, 3.63) is 55.2 Å². The number of nitrogens with zero attached hydrogens (tertiary/aromatic N) is 7. The summed E-state index contributed by atoms with van der Waals surface area (Å²) in [6, 6.07) is 12.3. The topological polar surface area (TPSA) is 96.7 Å². The molecule has 2 N–H and O–H groups in total. The van der Waals surface area contributed by atoms with Crippen LogP contribution in [-0.4, -0.2) is 55.9 Å². The summed E-state index contributed by atoms with van der Waals surface area (Å²) in [5, 5.41) is 12.0. The van der Waals surface area contributed by atoms with Crippen LogP contribution in [0.2, 0.25) is 0 Å². The van der Waals surface area contributed by atoms with Crippen LogP contribution < -0.4 is 15.5 Å². The summed E-state index contributed by atoms with van der Waals surface area (Å²) in [7, 11) is 1.87. The molecule has 9 heteroatoms. The highest BCUT2D eigenvalue weighted by Crippen LogP contribution is 2.26. The Morgan fingerprint density at radius 3 is 2.80 bits per heavy atom. The Bertz CT molecular complexity index is 1140. The van der Waals surface area contributed by atoms with Crippen molar-refractivity contribution in [1.29, 1.82) is 0 Å². The number of hydrogen-bond donors (Lipinski definition) is 2. The van der Waals surface area contributed by atoms with Crippen LogP contribution in [0.4, 0.5) is 17.5 Å². The zero-order chi connectivity index (χ0) is 20.3. The van der Waals surface area contributed by atoms with Crippen molar-refractivity contribution in [2.75, 3.05) is 35.7 Å². The molecule has 1 aliphatic rings. The van der Waals surface area contributed by atoms with Gasteiger partial charge in [0.15, 0.2) is 5.65 Å². The third kappa shape index (κ3) is 3.38. The van der Waals surface area contributed by atoms with E-state index in [1.165, 1.54) is 0 Å². The molecular weight excluding hydrogens is 378 g/mol. The van der Waals surface area contributed by atoms with Gasteiger partial charge < -0.3 is 15.5 Å². The fourth-order valence-electron chi connectivity index (χ4n) is 3.95. The second kappa shape index (κ2) is 7.94. The Morgan fingerprint density at radius 1 is 1.07 bits per heavy atom. The van der Waals surface area contributed by atoms with Crippen molar-refractivity contribution >= 4 is 28.5 Å². The van der Waals surface area contributed by atoms with Crippen LogP contribution >= 0.6 is 0 Å². The predicted octanol–water partition coefficient (Wildman–Crippen LogP) is 2.73. The smallest absolute Gasteiger partial charge is 0.168 e. The first-order chi connectivity index (χ1) is 14.8. The predicted molar refractivity (Wildman–Crippen MR) is 117 cm³/mol. The maximum absolute atomic E-state index is 4.53. The monoisotopic (exact) mass is 401 g/mol. The second-order valence-electron chi connectivity index (χ2n) is 7.23. The van der Waals surface area contributed by atoms with Crippen LogP contribution in [-0.2, 0) is 0 Å². The van der Waals surface area contributed by atoms with Crippen LogP contribution in [0, 0.1) is 0 Å². The minimum absolute atomic E-state index is 0.332. The molecule has 5 rings (SSSR count). The van der Waals surface area contributed by atoms with Gasteiger partial charge in [0.2, 0.25) is 0 Å². The van der Waals surface area contributed by atoms with Gasteiger partial charge in [0.05, 0.1) is 17.3 Å². The fraction of sp³-hybridized carbons (Fsp3) is 0.286. The summed E-state index contributed by atoms with van der Waals surface area (Å²) in [4.78, 5) is 19.9. The molecule has 1 aromatic carbocycles. The second-order valence-corrected chi connectivity index (χ2v) is 7.23. The molecule has 1 atom stereocenters. The molecule has 0 aliphatic carbocycles. The number of para-hydroxylation sites is 1. The summed E-state index contributed by atoms with van der Waals surface area (Å²) in [5.74, 6) is 2.57. The highest BCUT2D eigenvalue weighted by molar-refractivity contribution is 5.87. The van der Waals surface area contributed by atoms with Crippen molar-refractivity contribution in [2.45, 2.75) is 18.9 Å².